The Labute approximate surface area is 154 Å². The van der Waals surface area contributed by atoms with Crippen LogP contribution in [-0.2, 0) is 4.79 Å². The van der Waals surface area contributed by atoms with E-state index < -0.39 is 29.6 Å². The summed E-state index contributed by atoms with van der Waals surface area (Å²) in [5.41, 5.74) is 3.73. The number of nitrogens with one attached hydrogen (secondary N) is 1. The zero-order chi connectivity index (χ0) is 19.8. The Morgan fingerprint density at radius 3 is 2.85 bits per heavy atom. The topological polar surface area (TPSA) is 124 Å². The van der Waals surface area contributed by atoms with Gasteiger partial charge in [-0.1, -0.05) is 6.92 Å². The standard InChI is InChI=1S/C18H20FN3O5/c1-3-18(25)13(22-16(24)14(18)19)8-27-17-10-7-12(26-2)11(15(20)23)6-9(10)4-5-21-17/h4-7,13-14,25H,3,8H2,1-2H3,(H2,20,23)(H,22,24)/t13-,14+,18-/m1/s1. The molecule has 27 heavy (non-hydrogen) atoms. The van der Waals surface area contributed by atoms with Crippen molar-refractivity contribution in [3.63, 3.8) is 0 Å². The van der Waals surface area contributed by atoms with E-state index in [9.17, 15) is 19.1 Å². The molecule has 1 saturated heterocycles. The molecule has 144 valence electrons. The van der Waals surface area contributed by atoms with Crippen LogP contribution in [0.1, 0.15) is 23.7 Å². The van der Waals surface area contributed by atoms with Gasteiger partial charge in [0.25, 0.3) is 11.8 Å². The third kappa shape index (κ3) is 3.14. The number of carbonyl (C=O) groups is 2. The summed E-state index contributed by atoms with van der Waals surface area (Å²) < 4.78 is 24.9. The van der Waals surface area contributed by atoms with E-state index >= 15 is 0 Å². The average Bonchev–Trinajstić information content (AvgIpc) is 2.89. The van der Waals surface area contributed by atoms with Gasteiger partial charge in [0.2, 0.25) is 12.1 Å². The second kappa shape index (κ2) is 6.99. The molecule has 2 heterocycles. The highest BCUT2D eigenvalue weighted by atomic mass is 19.1. The van der Waals surface area contributed by atoms with Crippen LogP contribution in [-0.4, -0.2) is 53.4 Å². The molecule has 0 spiro atoms. The van der Waals surface area contributed by atoms with Crippen LogP contribution in [0.4, 0.5) is 4.39 Å². The predicted molar refractivity (Wildman–Crippen MR) is 94.4 cm³/mol. The van der Waals surface area contributed by atoms with Crippen LogP contribution in [0.5, 0.6) is 11.6 Å². The minimum Gasteiger partial charge on any atom is -0.496 e. The van der Waals surface area contributed by atoms with Crippen molar-refractivity contribution in [1.29, 1.82) is 0 Å². The minimum absolute atomic E-state index is 0.0414. The van der Waals surface area contributed by atoms with Crippen LogP contribution >= 0.6 is 0 Å². The monoisotopic (exact) mass is 377 g/mol. The number of fused-ring (bicyclic) bond motifs is 1. The second-order valence-corrected chi connectivity index (χ2v) is 6.33. The third-order valence-corrected chi connectivity index (χ3v) is 4.86. The number of alkyl halides is 1. The number of methoxy groups -OCH3 is 1. The molecule has 1 fully saturated rings. The number of hydrogen-bond acceptors (Lipinski definition) is 6. The molecule has 0 saturated carbocycles. The van der Waals surface area contributed by atoms with Crippen LogP contribution in [0.25, 0.3) is 10.8 Å². The number of ether oxygens (including phenoxy) is 2. The van der Waals surface area contributed by atoms with Gasteiger partial charge in [0.1, 0.15) is 18.0 Å². The van der Waals surface area contributed by atoms with Crippen molar-refractivity contribution in [3.8, 4) is 11.6 Å². The number of pyridine rings is 1. The molecule has 0 radical (unpaired) electrons. The normalized spacial score (nSPS) is 24.7. The van der Waals surface area contributed by atoms with Gasteiger partial charge in [-0.05, 0) is 30.0 Å². The first kappa shape index (κ1) is 18.8. The van der Waals surface area contributed by atoms with Crippen molar-refractivity contribution >= 4 is 22.6 Å². The number of halogens is 1. The maximum atomic E-state index is 14.0. The van der Waals surface area contributed by atoms with Gasteiger partial charge in [-0.15, -0.1) is 0 Å². The van der Waals surface area contributed by atoms with Gasteiger partial charge in [0.05, 0.1) is 18.7 Å². The van der Waals surface area contributed by atoms with E-state index in [2.05, 4.69) is 10.3 Å². The number of aliphatic hydroxyl groups is 1. The SMILES string of the molecule is CC[C@@]1(O)[C@@H](COc2nccc3cc(C(N)=O)c(OC)cc23)NC(=O)[C@@H]1F. The van der Waals surface area contributed by atoms with E-state index in [1.807, 2.05) is 0 Å². The Hall–Kier alpha value is -2.94. The summed E-state index contributed by atoms with van der Waals surface area (Å²) in [4.78, 5) is 27.3. The van der Waals surface area contributed by atoms with Gasteiger partial charge >= 0.3 is 0 Å². The molecule has 2 amide bonds. The molecule has 4 N–H and O–H groups in total. The first-order valence-electron chi connectivity index (χ1n) is 8.38. The highest BCUT2D eigenvalue weighted by Crippen LogP contribution is 2.32. The lowest BCUT2D eigenvalue weighted by atomic mass is 9.91. The fourth-order valence-corrected chi connectivity index (χ4v) is 3.20. The highest BCUT2D eigenvalue weighted by molar-refractivity contribution is 6.01. The van der Waals surface area contributed by atoms with E-state index in [-0.39, 0.29) is 30.2 Å². The second-order valence-electron chi connectivity index (χ2n) is 6.33. The van der Waals surface area contributed by atoms with Crippen molar-refractivity contribution in [2.24, 2.45) is 5.73 Å². The molecule has 0 aliphatic carbocycles. The molecule has 0 unspecified atom stereocenters. The quantitative estimate of drug-likeness (QED) is 0.681. The molecule has 3 rings (SSSR count). The minimum atomic E-state index is -2.02. The number of amides is 2. The van der Waals surface area contributed by atoms with Crippen molar-refractivity contribution in [2.45, 2.75) is 31.2 Å². The summed E-state index contributed by atoms with van der Waals surface area (Å²) in [5.74, 6) is -1.05. The molecule has 8 nitrogen and oxygen atoms in total. The summed E-state index contributed by atoms with van der Waals surface area (Å²) in [6.45, 7) is 1.41. The molecule has 1 aromatic heterocycles. The lowest BCUT2D eigenvalue weighted by Gasteiger charge is -2.28. The molecular weight excluding hydrogens is 357 g/mol. The molecule has 1 aromatic carbocycles. The van der Waals surface area contributed by atoms with Gasteiger partial charge < -0.3 is 25.6 Å². The Bertz CT molecular complexity index is 906. The van der Waals surface area contributed by atoms with Crippen LogP contribution in [0, 0.1) is 0 Å². The maximum Gasteiger partial charge on any atom is 0.258 e. The number of aromatic nitrogens is 1. The van der Waals surface area contributed by atoms with Gasteiger partial charge in [-0.3, -0.25) is 9.59 Å². The van der Waals surface area contributed by atoms with Crippen LogP contribution in [0.3, 0.4) is 0 Å². The van der Waals surface area contributed by atoms with Gasteiger partial charge in [-0.25, -0.2) is 9.37 Å². The number of nitrogens with two attached hydrogens (primary N) is 1. The van der Waals surface area contributed by atoms with E-state index in [0.717, 1.165) is 0 Å². The number of rotatable bonds is 6. The fraction of sp³-hybridized carbons (Fsp3) is 0.389. The molecule has 1 aliphatic rings. The van der Waals surface area contributed by atoms with Crippen LogP contribution in [0.2, 0.25) is 0 Å². The molecule has 9 heteroatoms. The number of hydrogen-bond donors (Lipinski definition) is 3. The average molecular weight is 377 g/mol. The Morgan fingerprint density at radius 1 is 1.48 bits per heavy atom. The zero-order valence-electron chi connectivity index (χ0n) is 14.9. The van der Waals surface area contributed by atoms with Gasteiger partial charge in [0, 0.05) is 11.6 Å². The first-order chi connectivity index (χ1) is 12.8. The van der Waals surface area contributed by atoms with Crippen molar-refractivity contribution in [1.82, 2.24) is 10.3 Å². The van der Waals surface area contributed by atoms with Crippen molar-refractivity contribution in [2.75, 3.05) is 13.7 Å². The van der Waals surface area contributed by atoms with Gasteiger partial charge in [-0.2, -0.15) is 0 Å². The Kier molecular flexibility index (Phi) is 4.88. The fourth-order valence-electron chi connectivity index (χ4n) is 3.20. The number of primary amides is 1. The lowest BCUT2D eigenvalue weighted by Crippen LogP contribution is -2.49. The van der Waals surface area contributed by atoms with E-state index in [0.29, 0.717) is 10.8 Å². The maximum absolute atomic E-state index is 14.0. The van der Waals surface area contributed by atoms with Gasteiger partial charge in [0.15, 0.2) is 0 Å². The smallest absolute Gasteiger partial charge is 0.258 e. The number of carbonyl (C=O) groups excluding carboxylic acids is 2. The van der Waals surface area contributed by atoms with E-state index in [1.165, 1.54) is 13.3 Å². The third-order valence-electron chi connectivity index (χ3n) is 4.86. The van der Waals surface area contributed by atoms with Crippen LogP contribution in [0.15, 0.2) is 24.4 Å². The molecular formula is C18H20FN3O5. The molecule has 1 aliphatic heterocycles. The number of nitrogens with zero attached hydrogens (tertiary/aromatic N) is 1. The van der Waals surface area contributed by atoms with Crippen LogP contribution < -0.4 is 20.5 Å². The molecule has 3 atom stereocenters. The Morgan fingerprint density at radius 2 is 2.22 bits per heavy atom. The van der Waals surface area contributed by atoms with E-state index in [4.69, 9.17) is 15.2 Å². The summed E-state index contributed by atoms with van der Waals surface area (Å²) in [6, 6.07) is 3.87. The molecule has 0 bridgehead atoms. The highest BCUT2D eigenvalue weighted by Gasteiger charge is 2.54. The summed E-state index contributed by atoms with van der Waals surface area (Å²) >= 11 is 0. The predicted octanol–water partition coefficient (Wildman–Crippen LogP) is 0.699. The summed E-state index contributed by atoms with van der Waals surface area (Å²) in [6.07, 6.45) is -0.499. The zero-order valence-corrected chi connectivity index (χ0v) is 14.9. The number of benzene rings is 1. The van der Waals surface area contributed by atoms with E-state index in [1.54, 1.807) is 25.1 Å². The van der Waals surface area contributed by atoms with Crippen molar-refractivity contribution in [3.05, 3.63) is 30.0 Å². The molecule has 2 aromatic rings. The van der Waals surface area contributed by atoms with Crippen molar-refractivity contribution < 1.29 is 28.6 Å². The summed E-state index contributed by atoms with van der Waals surface area (Å²) in [7, 11) is 1.40. The summed E-state index contributed by atoms with van der Waals surface area (Å²) in [5, 5.41) is 14.0. The largest absolute Gasteiger partial charge is 0.496 e. The first-order valence-corrected chi connectivity index (χ1v) is 8.38. The Balaban J connectivity index is 1.92. The lowest BCUT2D eigenvalue weighted by molar-refractivity contribution is -0.127.